The molecule has 0 atom stereocenters. The van der Waals surface area contributed by atoms with Crippen LogP contribution in [0.2, 0.25) is 0 Å². The molecule has 0 fully saturated rings. The van der Waals surface area contributed by atoms with E-state index >= 15 is 0 Å². The molecule has 0 unspecified atom stereocenters. The molecule has 0 aromatic heterocycles. The first kappa shape index (κ1) is 16.3. The summed E-state index contributed by atoms with van der Waals surface area (Å²) < 4.78 is 8.55. The molecule has 0 aromatic carbocycles. The zero-order valence-corrected chi connectivity index (χ0v) is 10.8. The van der Waals surface area contributed by atoms with E-state index in [4.69, 9.17) is 19.2 Å². The van der Waals surface area contributed by atoms with Crippen LogP contribution >= 0.6 is 7.82 Å². The van der Waals surface area contributed by atoms with Crippen molar-refractivity contribution >= 4 is 7.82 Å². The van der Waals surface area contributed by atoms with E-state index in [1.807, 2.05) is 0 Å². The van der Waals surface area contributed by atoms with Crippen LogP contribution in [0.3, 0.4) is 0 Å². The van der Waals surface area contributed by atoms with Gasteiger partial charge in [-0.3, -0.25) is 0 Å². The third-order valence-electron chi connectivity index (χ3n) is 0. The number of rotatable bonds is 0. The number of phosphoric acid groups is 1. The van der Waals surface area contributed by atoms with Crippen molar-refractivity contribution in [1.82, 2.24) is 0 Å². The van der Waals surface area contributed by atoms with Crippen molar-refractivity contribution in [3.05, 3.63) is 0 Å². The summed E-state index contributed by atoms with van der Waals surface area (Å²) >= 11 is 0. The molecule has 7 heteroatoms. The molecule has 0 aromatic rings. The van der Waals surface area contributed by atoms with Crippen molar-refractivity contribution in [3.8, 4) is 0 Å². The summed E-state index contributed by atoms with van der Waals surface area (Å²) in [5, 5.41) is 0. The molecule has 0 saturated carbocycles. The van der Waals surface area contributed by atoms with Crippen molar-refractivity contribution < 1.29 is 96.6 Å². The maximum atomic E-state index is 8.55. The van der Waals surface area contributed by atoms with E-state index in [2.05, 4.69) is 0 Å². The minimum Gasteiger partial charge on any atom is -0.822 e. The van der Waals surface area contributed by atoms with Crippen LogP contribution in [0.1, 0.15) is 0 Å². The third kappa shape index (κ3) is 53.9. The quantitative estimate of drug-likeness (QED) is 0.428. The number of hydrogen-bond donors (Lipinski definition) is 0. The average molecular weight is 374 g/mol. The van der Waals surface area contributed by atoms with E-state index in [1.54, 1.807) is 0 Å². The van der Waals surface area contributed by atoms with Crippen molar-refractivity contribution in [1.29, 1.82) is 0 Å². The second kappa shape index (κ2) is 6.80. The van der Waals surface area contributed by atoms with Gasteiger partial charge in [0.15, 0.2) is 0 Å². The normalized spacial score (nSPS) is 8.43. The summed E-state index contributed by atoms with van der Waals surface area (Å²) in [7, 11) is -5.39. The first-order chi connectivity index (χ1) is 2.00. The fraction of sp³-hybridized carbons (Fsp3) is 0. The molecular formula is CeLaO4P+3. The van der Waals surface area contributed by atoms with Gasteiger partial charge in [0, 0.05) is 0 Å². The van der Waals surface area contributed by atoms with Gasteiger partial charge in [-0.05, 0) is 0 Å². The Kier molecular flexibility index (Phi) is 15.9. The van der Waals surface area contributed by atoms with Gasteiger partial charge in [-0.15, -0.1) is 0 Å². The van der Waals surface area contributed by atoms with Crippen molar-refractivity contribution in [2.45, 2.75) is 0 Å². The van der Waals surface area contributed by atoms with Gasteiger partial charge in [-0.2, -0.15) is 7.82 Å². The standard InChI is InChI=1S/Ce.La.H3O4P/c;;1-5(2,3)4/h;;(H3,1,2,3,4)/q2*+3;/p-3. The van der Waals surface area contributed by atoms with Crippen molar-refractivity contribution in [2.75, 3.05) is 0 Å². The van der Waals surface area contributed by atoms with Crippen LogP contribution in [0.5, 0.6) is 0 Å². The maximum absolute atomic E-state index is 8.55. The Hall–Kier alpha value is 2.68. The van der Waals surface area contributed by atoms with Crippen LogP contribution in [0.4, 0.5) is 0 Å². The first-order valence-corrected chi connectivity index (χ1v) is 2.19. The largest absolute Gasteiger partial charge is 3.00 e. The van der Waals surface area contributed by atoms with Crippen LogP contribution in [-0.2, 0) is 4.57 Å². The van der Waals surface area contributed by atoms with Crippen LogP contribution < -0.4 is 14.7 Å². The maximum Gasteiger partial charge on any atom is 3.00 e. The molecule has 33 valence electrons. The summed E-state index contributed by atoms with van der Waals surface area (Å²) in [6, 6.07) is 0. The minimum atomic E-state index is -5.39. The Morgan fingerprint density at radius 2 is 1.14 bits per heavy atom. The van der Waals surface area contributed by atoms with E-state index in [-0.39, 0.29) is 77.3 Å². The molecule has 0 aliphatic heterocycles. The van der Waals surface area contributed by atoms with Gasteiger partial charge in [0.2, 0.25) is 0 Å². The van der Waals surface area contributed by atoms with Gasteiger partial charge in [-0.25, -0.2) is 0 Å². The Morgan fingerprint density at radius 3 is 1.14 bits per heavy atom. The second-order valence-corrected chi connectivity index (χ2v) is 1.34. The summed E-state index contributed by atoms with van der Waals surface area (Å²) in [4.78, 5) is 25.6. The molecule has 7 heavy (non-hydrogen) atoms. The van der Waals surface area contributed by atoms with Crippen LogP contribution in [0.25, 0.3) is 0 Å². The van der Waals surface area contributed by atoms with Gasteiger partial charge in [-0.1, -0.05) is 0 Å². The molecule has 0 heterocycles. The summed E-state index contributed by atoms with van der Waals surface area (Å²) in [5.74, 6) is 0. The molecule has 4 nitrogen and oxygen atoms in total. The van der Waals surface area contributed by atoms with Crippen LogP contribution in [0.15, 0.2) is 0 Å². The van der Waals surface area contributed by atoms with Crippen LogP contribution in [-0.4, -0.2) is 0 Å². The predicted molar refractivity (Wildman–Crippen MR) is 7.61 cm³/mol. The fourth-order valence-corrected chi connectivity index (χ4v) is 0. The zero-order chi connectivity index (χ0) is 4.50. The van der Waals surface area contributed by atoms with Gasteiger partial charge in [0.05, 0.1) is 0 Å². The first-order valence-electron chi connectivity index (χ1n) is 0.730. The Morgan fingerprint density at radius 1 is 1.14 bits per heavy atom. The van der Waals surface area contributed by atoms with E-state index in [0.717, 1.165) is 0 Å². The van der Waals surface area contributed by atoms with E-state index in [0.29, 0.717) is 0 Å². The summed E-state index contributed by atoms with van der Waals surface area (Å²) in [6.45, 7) is 0. The van der Waals surface area contributed by atoms with E-state index in [9.17, 15) is 0 Å². The molecule has 0 aliphatic carbocycles. The summed E-state index contributed by atoms with van der Waals surface area (Å²) in [5.41, 5.74) is 0. The minimum absolute atomic E-state index is 0. The molecule has 0 saturated heterocycles. The molecule has 0 spiro atoms. The van der Waals surface area contributed by atoms with Crippen molar-refractivity contribution in [3.63, 3.8) is 0 Å². The summed E-state index contributed by atoms with van der Waals surface area (Å²) in [6.07, 6.45) is 0. The monoisotopic (exact) mass is 374 g/mol. The van der Waals surface area contributed by atoms with Gasteiger partial charge in [0.25, 0.3) is 0 Å². The fourth-order valence-electron chi connectivity index (χ4n) is 0. The molecule has 0 bridgehead atoms. The molecule has 0 aliphatic rings. The zero-order valence-electron chi connectivity index (χ0n) is 3.16. The third-order valence-corrected chi connectivity index (χ3v) is 0. The van der Waals surface area contributed by atoms with Gasteiger partial charge >= 0.3 is 77.3 Å². The molecular weight excluding hydrogens is 374 g/mol. The van der Waals surface area contributed by atoms with Gasteiger partial charge in [0.1, 0.15) is 0 Å². The Labute approximate surface area is 102 Å². The molecule has 0 amide bonds. The second-order valence-electron chi connectivity index (χ2n) is 0.447. The van der Waals surface area contributed by atoms with Crippen molar-refractivity contribution in [2.24, 2.45) is 0 Å². The predicted octanol–water partition coefficient (Wildman–Crippen LogP) is -2.82. The smallest absolute Gasteiger partial charge is 0.822 e. The Bertz CT molecular complexity index is 57.8. The SMILES string of the molecule is O=P([O-])([O-])[O-].[Ce+3].[La+3]. The Balaban J connectivity index is -0.0000000800. The van der Waals surface area contributed by atoms with Gasteiger partial charge < -0.3 is 19.2 Å². The van der Waals surface area contributed by atoms with E-state index in [1.165, 1.54) is 0 Å². The number of hydrogen-bond acceptors (Lipinski definition) is 4. The molecule has 0 N–H and O–H groups in total. The van der Waals surface area contributed by atoms with E-state index < -0.39 is 7.82 Å². The molecule has 0 rings (SSSR count). The topological polar surface area (TPSA) is 86.2 Å². The average Bonchev–Trinajstić information content (AvgIpc) is 0.722. The molecule has 1 radical (unpaired) electrons. The van der Waals surface area contributed by atoms with Crippen LogP contribution in [0, 0.1) is 77.3 Å².